The number of fused-ring (bicyclic) bond motifs is 1. The third-order valence-corrected chi connectivity index (χ3v) is 4.46. The van der Waals surface area contributed by atoms with Gasteiger partial charge < -0.3 is 25.9 Å². The molecule has 0 radical (unpaired) electrons. The van der Waals surface area contributed by atoms with Crippen LogP contribution in [0.2, 0.25) is 0 Å². The van der Waals surface area contributed by atoms with Crippen molar-refractivity contribution < 1.29 is 14.4 Å². The van der Waals surface area contributed by atoms with Crippen LogP contribution in [0.5, 0.6) is 0 Å². The molecule has 5 N–H and O–H groups in total. The summed E-state index contributed by atoms with van der Waals surface area (Å²) in [7, 11) is 0. The van der Waals surface area contributed by atoms with E-state index in [-0.39, 0.29) is 31.3 Å². The van der Waals surface area contributed by atoms with Gasteiger partial charge in [0.1, 0.15) is 0 Å². The third kappa shape index (κ3) is 6.20. The summed E-state index contributed by atoms with van der Waals surface area (Å²) >= 11 is 0. The molecule has 0 bridgehead atoms. The molecule has 0 spiro atoms. The molecule has 0 saturated heterocycles. The van der Waals surface area contributed by atoms with Gasteiger partial charge in [0.15, 0.2) is 0 Å². The van der Waals surface area contributed by atoms with Crippen molar-refractivity contribution in [3.8, 4) is 0 Å². The standard InChI is InChI=1S/C20H24N6O3/c27-18(6-5-15-10-21-13-26-15)24-12-20(29)25-11-19(28)22-8-7-14-9-23-17-4-2-1-3-16(14)17/h1-4,9-10,13,23H,5-8,11-12H2,(H,21,26)(H,22,28)(H,24,27)(H,25,29). The Morgan fingerprint density at radius 2 is 1.66 bits per heavy atom. The van der Waals surface area contributed by atoms with Crippen molar-refractivity contribution in [2.45, 2.75) is 19.3 Å². The summed E-state index contributed by atoms with van der Waals surface area (Å²) < 4.78 is 0. The second-order valence-corrected chi connectivity index (χ2v) is 6.59. The summed E-state index contributed by atoms with van der Waals surface area (Å²) in [5, 5.41) is 8.93. The average Bonchev–Trinajstić information content (AvgIpc) is 3.39. The number of rotatable bonds is 10. The first-order valence-corrected chi connectivity index (χ1v) is 9.44. The van der Waals surface area contributed by atoms with Gasteiger partial charge in [-0.05, 0) is 24.5 Å². The van der Waals surface area contributed by atoms with Gasteiger partial charge in [0.2, 0.25) is 17.7 Å². The lowest BCUT2D eigenvalue weighted by Gasteiger charge is -2.08. The van der Waals surface area contributed by atoms with Gasteiger partial charge in [-0.2, -0.15) is 0 Å². The second kappa shape index (κ2) is 10.1. The van der Waals surface area contributed by atoms with Crippen LogP contribution in [-0.4, -0.2) is 52.3 Å². The normalized spacial score (nSPS) is 10.6. The van der Waals surface area contributed by atoms with E-state index in [0.717, 1.165) is 22.2 Å². The molecule has 0 unspecified atom stereocenters. The summed E-state index contributed by atoms with van der Waals surface area (Å²) in [6, 6.07) is 7.98. The topological polar surface area (TPSA) is 132 Å². The minimum atomic E-state index is -0.410. The molecular formula is C20H24N6O3. The van der Waals surface area contributed by atoms with Crippen molar-refractivity contribution in [3.63, 3.8) is 0 Å². The van der Waals surface area contributed by atoms with Crippen molar-refractivity contribution in [3.05, 3.63) is 54.2 Å². The number of H-pyrrole nitrogens is 2. The summed E-state index contributed by atoms with van der Waals surface area (Å²) in [4.78, 5) is 45.3. The molecule has 0 fully saturated rings. The van der Waals surface area contributed by atoms with E-state index in [9.17, 15) is 14.4 Å². The van der Waals surface area contributed by atoms with Gasteiger partial charge in [0.25, 0.3) is 0 Å². The Kier molecular flexibility index (Phi) is 6.99. The Morgan fingerprint density at radius 3 is 2.45 bits per heavy atom. The maximum atomic E-state index is 11.9. The largest absolute Gasteiger partial charge is 0.361 e. The van der Waals surface area contributed by atoms with Crippen LogP contribution in [0.4, 0.5) is 0 Å². The van der Waals surface area contributed by atoms with Crippen molar-refractivity contribution in [1.82, 2.24) is 30.9 Å². The quantitative estimate of drug-likeness (QED) is 0.340. The first kappa shape index (κ1) is 20.1. The number of aromatic nitrogens is 3. The van der Waals surface area contributed by atoms with Crippen molar-refractivity contribution in [2.75, 3.05) is 19.6 Å². The van der Waals surface area contributed by atoms with Crippen LogP contribution < -0.4 is 16.0 Å². The molecule has 0 aliphatic heterocycles. The zero-order valence-corrected chi connectivity index (χ0v) is 16.0. The number of hydrogen-bond donors (Lipinski definition) is 5. The molecule has 0 aliphatic rings. The van der Waals surface area contributed by atoms with Gasteiger partial charge in [0, 0.05) is 42.0 Å². The molecule has 0 aliphatic carbocycles. The van der Waals surface area contributed by atoms with Crippen molar-refractivity contribution in [2.24, 2.45) is 0 Å². The smallest absolute Gasteiger partial charge is 0.239 e. The van der Waals surface area contributed by atoms with E-state index >= 15 is 0 Å². The maximum absolute atomic E-state index is 11.9. The van der Waals surface area contributed by atoms with Crippen LogP contribution in [0.15, 0.2) is 43.0 Å². The van der Waals surface area contributed by atoms with E-state index in [1.165, 1.54) is 0 Å². The molecule has 9 heteroatoms. The molecule has 152 valence electrons. The predicted octanol–water partition coefficient (Wildman–Crippen LogP) is 0.415. The molecule has 3 aromatic rings. The number of aromatic amines is 2. The zero-order valence-electron chi connectivity index (χ0n) is 16.0. The maximum Gasteiger partial charge on any atom is 0.239 e. The lowest BCUT2D eigenvalue weighted by atomic mass is 10.1. The molecule has 2 aromatic heterocycles. The number of carbonyl (C=O) groups excluding carboxylic acids is 3. The summed E-state index contributed by atoms with van der Waals surface area (Å²) in [6.07, 6.45) is 6.60. The van der Waals surface area contributed by atoms with Crippen LogP contribution in [-0.2, 0) is 27.2 Å². The van der Waals surface area contributed by atoms with Crippen molar-refractivity contribution in [1.29, 1.82) is 0 Å². The Balaban J connectivity index is 1.27. The Hall–Kier alpha value is -3.62. The number of para-hydroxylation sites is 1. The summed E-state index contributed by atoms with van der Waals surface area (Å²) in [5.74, 6) is -0.923. The summed E-state index contributed by atoms with van der Waals surface area (Å²) in [5.41, 5.74) is 3.05. The van der Waals surface area contributed by atoms with Gasteiger partial charge in [-0.1, -0.05) is 18.2 Å². The minimum absolute atomic E-state index is 0.128. The monoisotopic (exact) mass is 396 g/mol. The number of benzene rings is 1. The number of aryl methyl sites for hydroxylation is 1. The average molecular weight is 396 g/mol. The fourth-order valence-electron chi connectivity index (χ4n) is 2.92. The van der Waals surface area contributed by atoms with Crippen LogP contribution in [0.1, 0.15) is 17.7 Å². The molecule has 3 rings (SSSR count). The van der Waals surface area contributed by atoms with E-state index in [1.54, 1.807) is 12.5 Å². The highest BCUT2D eigenvalue weighted by Gasteiger charge is 2.09. The molecular weight excluding hydrogens is 372 g/mol. The lowest BCUT2D eigenvalue weighted by Crippen LogP contribution is -2.42. The third-order valence-electron chi connectivity index (χ3n) is 4.46. The highest BCUT2D eigenvalue weighted by atomic mass is 16.2. The van der Waals surface area contributed by atoms with Crippen molar-refractivity contribution >= 4 is 28.6 Å². The Labute approximate surface area is 167 Å². The lowest BCUT2D eigenvalue weighted by molar-refractivity contribution is -0.127. The fraction of sp³-hybridized carbons (Fsp3) is 0.300. The van der Waals surface area contributed by atoms with Crippen LogP contribution in [0, 0.1) is 0 Å². The highest BCUT2D eigenvalue weighted by Crippen LogP contribution is 2.17. The van der Waals surface area contributed by atoms with Crippen LogP contribution in [0.3, 0.4) is 0 Å². The van der Waals surface area contributed by atoms with E-state index < -0.39 is 5.91 Å². The zero-order chi connectivity index (χ0) is 20.5. The van der Waals surface area contributed by atoms with Gasteiger partial charge in [-0.25, -0.2) is 4.98 Å². The van der Waals surface area contributed by atoms with E-state index in [0.29, 0.717) is 19.4 Å². The van der Waals surface area contributed by atoms with Gasteiger partial charge >= 0.3 is 0 Å². The Bertz CT molecular complexity index is 964. The molecule has 29 heavy (non-hydrogen) atoms. The SMILES string of the molecule is O=C(CCc1cnc[nH]1)NCC(=O)NCC(=O)NCCc1c[nH]c2ccccc12. The van der Waals surface area contributed by atoms with Crippen LogP contribution >= 0.6 is 0 Å². The van der Waals surface area contributed by atoms with Gasteiger partial charge in [-0.15, -0.1) is 0 Å². The molecule has 9 nitrogen and oxygen atoms in total. The van der Waals surface area contributed by atoms with Gasteiger partial charge in [0.05, 0.1) is 19.4 Å². The summed E-state index contributed by atoms with van der Waals surface area (Å²) in [6.45, 7) is 0.183. The second-order valence-electron chi connectivity index (χ2n) is 6.59. The minimum Gasteiger partial charge on any atom is -0.361 e. The Morgan fingerprint density at radius 1 is 0.897 bits per heavy atom. The first-order chi connectivity index (χ1) is 14.1. The predicted molar refractivity (Wildman–Crippen MR) is 108 cm³/mol. The molecule has 3 amide bonds. The molecule has 0 saturated carbocycles. The fourth-order valence-corrected chi connectivity index (χ4v) is 2.92. The van der Waals surface area contributed by atoms with E-state index in [4.69, 9.17) is 0 Å². The number of amides is 3. The van der Waals surface area contributed by atoms with Crippen LogP contribution in [0.25, 0.3) is 10.9 Å². The van der Waals surface area contributed by atoms with E-state index in [2.05, 4.69) is 30.9 Å². The number of nitrogens with one attached hydrogen (secondary N) is 5. The number of nitrogens with zero attached hydrogens (tertiary/aromatic N) is 1. The molecule has 2 heterocycles. The number of carbonyl (C=O) groups is 3. The van der Waals surface area contributed by atoms with E-state index in [1.807, 2.05) is 30.5 Å². The van der Waals surface area contributed by atoms with Gasteiger partial charge in [-0.3, -0.25) is 14.4 Å². The number of hydrogen-bond acceptors (Lipinski definition) is 4. The first-order valence-electron chi connectivity index (χ1n) is 9.44. The molecule has 0 atom stereocenters. The highest BCUT2D eigenvalue weighted by molar-refractivity contribution is 5.88. The molecule has 1 aromatic carbocycles. The number of imidazole rings is 1.